The Bertz CT molecular complexity index is 242. The Kier molecular flexibility index (Phi) is 5.25. The number of hydrogen-bond acceptors (Lipinski definition) is 2. The fourth-order valence-electron chi connectivity index (χ4n) is 0.850. The number of aliphatic hydroxyl groups excluding tert-OH is 1. The molecule has 0 amide bonds. The van der Waals surface area contributed by atoms with Crippen LogP contribution in [0.1, 0.15) is 11.7 Å². The zero-order valence-electron chi connectivity index (χ0n) is 6.40. The molecule has 4 heteroatoms. The van der Waals surface area contributed by atoms with Crippen LogP contribution in [0.5, 0.6) is 0 Å². The van der Waals surface area contributed by atoms with E-state index in [1.807, 2.05) is 0 Å². The van der Waals surface area contributed by atoms with Crippen LogP contribution in [0.25, 0.3) is 0 Å². The molecule has 1 unspecified atom stereocenters. The van der Waals surface area contributed by atoms with E-state index in [9.17, 15) is 5.11 Å². The first-order chi connectivity index (χ1) is 5.24. The van der Waals surface area contributed by atoms with Crippen molar-refractivity contribution in [3.63, 3.8) is 0 Å². The average Bonchev–Trinajstić information content (AvgIpc) is 2.03. The van der Waals surface area contributed by atoms with E-state index in [-0.39, 0.29) is 19.0 Å². The first-order valence-corrected chi connectivity index (χ1v) is 3.75. The van der Waals surface area contributed by atoms with Crippen LogP contribution in [0.3, 0.4) is 0 Å². The lowest BCUT2D eigenvalue weighted by atomic mass is 10.1. The van der Waals surface area contributed by atoms with E-state index in [0.717, 1.165) is 5.56 Å². The molecule has 0 fully saturated rings. The van der Waals surface area contributed by atoms with Gasteiger partial charge in [0, 0.05) is 11.6 Å². The highest BCUT2D eigenvalue weighted by Gasteiger charge is 2.03. The van der Waals surface area contributed by atoms with Crippen molar-refractivity contribution in [3.05, 3.63) is 34.9 Å². The van der Waals surface area contributed by atoms with E-state index in [4.69, 9.17) is 17.3 Å². The van der Waals surface area contributed by atoms with Gasteiger partial charge in [0.25, 0.3) is 0 Å². The van der Waals surface area contributed by atoms with Gasteiger partial charge in [0.05, 0.1) is 6.10 Å². The highest BCUT2D eigenvalue weighted by atomic mass is 35.5. The van der Waals surface area contributed by atoms with E-state index in [2.05, 4.69) is 0 Å². The van der Waals surface area contributed by atoms with Gasteiger partial charge in [-0.2, -0.15) is 0 Å². The minimum absolute atomic E-state index is 0. The first kappa shape index (κ1) is 11.7. The summed E-state index contributed by atoms with van der Waals surface area (Å²) < 4.78 is 0. The zero-order chi connectivity index (χ0) is 8.27. The fourth-order valence-corrected chi connectivity index (χ4v) is 1.05. The predicted octanol–water partition coefficient (Wildman–Crippen LogP) is 1.75. The summed E-state index contributed by atoms with van der Waals surface area (Å²) in [4.78, 5) is 0. The predicted molar refractivity (Wildman–Crippen MR) is 52.7 cm³/mol. The van der Waals surface area contributed by atoms with Gasteiger partial charge in [0.1, 0.15) is 0 Å². The topological polar surface area (TPSA) is 46.2 Å². The summed E-state index contributed by atoms with van der Waals surface area (Å²) in [5.74, 6) is 0. The van der Waals surface area contributed by atoms with Gasteiger partial charge < -0.3 is 10.8 Å². The number of hydrogen-bond donors (Lipinski definition) is 2. The lowest BCUT2D eigenvalue weighted by Crippen LogP contribution is -2.11. The van der Waals surface area contributed by atoms with Gasteiger partial charge in [-0.1, -0.05) is 23.7 Å². The third-order valence-corrected chi connectivity index (χ3v) is 1.69. The second kappa shape index (κ2) is 5.38. The number of rotatable bonds is 2. The largest absolute Gasteiger partial charge is 0.387 e. The molecule has 0 bridgehead atoms. The second-order valence-corrected chi connectivity index (χ2v) is 2.74. The van der Waals surface area contributed by atoms with Crippen LogP contribution in [0.2, 0.25) is 5.02 Å². The maximum Gasteiger partial charge on any atom is 0.0912 e. The molecule has 0 saturated carbocycles. The van der Waals surface area contributed by atoms with Crippen LogP contribution in [-0.4, -0.2) is 11.7 Å². The van der Waals surface area contributed by atoms with Crippen LogP contribution in [0.4, 0.5) is 0 Å². The summed E-state index contributed by atoms with van der Waals surface area (Å²) in [6, 6.07) is 7.05. The van der Waals surface area contributed by atoms with E-state index < -0.39 is 6.10 Å². The van der Waals surface area contributed by atoms with Gasteiger partial charge >= 0.3 is 0 Å². The molecule has 12 heavy (non-hydrogen) atoms. The standard InChI is InChI=1S/C8H10ClNO.ClH/c9-7-3-1-2-6(4-7)8(11)5-10;/h1-4,8,11H,5,10H2;1H. The first-order valence-electron chi connectivity index (χ1n) is 3.37. The molecule has 1 aromatic carbocycles. The molecule has 0 aromatic heterocycles. The highest BCUT2D eigenvalue weighted by Crippen LogP contribution is 2.16. The molecule has 2 nitrogen and oxygen atoms in total. The molecule has 1 aromatic rings. The third-order valence-electron chi connectivity index (χ3n) is 1.46. The molecular weight excluding hydrogens is 197 g/mol. The summed E-state index contributed by atoms with van der Waals surface area (Å²) in [7, 11) is 0. The summed E-state index contributed by atoms with van der Waals surface area (Å²) in [5, 5.41) is 9.89. The van der Waals surface area contributed by atoms with Gasteiger partial charge in [-0.25, -0.2) is 0 Å². The SMILES string of the molecule is Cl.NCC(O)c1cccc(Cl)c1. The van der Waals surface area contributed by atoms with Crippen LogP contribution in [-0.2, 0) is 0 Å². The molecular formula is C8H11Cl2NO. The van der Waals surface area contributed by atoms with Crippen LogP contribution < -0.4 is 5.73 Å². The number of aliphatic hydroxyl groups is 1. The van der Waals surface area contributed by atoms with E-state index in [1.54, 1.807) is 24.3 Å². The van der Waals surface area contributed by atoms with Gasteiger partial charge in [0.2, 0.25) is 0 Å². The minimum Gasteiger partial charge on any atom is -0.387 e. The Morgan fingerprint density at radius 2 is 2.17 bits per heavy atom. The molecule has 68 valence electrons. The molecule has 0 spiro atoms. The Hall–Kier alpha value is -0.280. The summed E-state index contributed by atoms with van der Waals surface area (Å²) in [6.45, 7) is 0.223. The van der Waals surface area contributed by atoms with Crippen molar-refractivity contribution in [1.82, 2.24) is 0 Å². The van der Waals surface area contributed by atoms with Crippen molar-refractivity contribution in [2.75, 3.05) is 6.54 Å². The van der Waals surface area contributed by atoms with Crippen molar-refractivity contribution in [1.29, 1.82) is 0 Å². The monoisotopic (exact) mass is 207 g/mol. The van der Waals surface area contributed by atoms with Crippen LogP contribution in [0.15, 0.2) is 24.3 Å². The van der Waals surface area contributed by atoms with Gasteiger partial charge in [-0.3, -0.25) is 0 Å². The fraction of sp³-hybridized carbons (Fsp3) is 0.250. The highest BCUT2D eigenvalue weighted by molar-refractivity contribution is 6.30. The van der Waals surface area contributed by atoms with E-state index in [0.29, 0.717) is 5.02 Å². The Morgan fingerprint density at radius 1 is 1.50 bits per heavy atom. The van der Waals surface area contributed by atoms with Crippen molar-refractivity contribution >= 4 is 24.0 Å². The molecule has 0 heterocycles. The van der Waals surface area contributed by atoms with Gasteiger partial charge in [-0.15, -0.1) is 12.4 Å². The Morgan fingerprint density at radius 3 is 2.67 bits per heavy atom. The molecule has 0 aliphatic rings. The molecule has 0 aliphatic carbocycles. The average molecular weight is 208 g/mol. The number of benzene rings is 1. The quantitative estimate of drug-likeness (QED) is 0.777. The van der Waals surface area contributed by atoms with Gasteiger partial charge in [-0.05, 0) is 17.7 Å². The van der Waals surface area contributed by atoms with Crippen molar-refractivity contribution in [2.24, 2.45) is 5.73 Å². The smallest absolute Gasteiger partial charge is 0.0912 e. The molecule has 0 aliphatic heterocycles. The van der Waals surface area contributed by atoms with Gasteiger partial charge in [0.15, 0.2) is 0 Å². The van der Waals surface area contributed by atoms with Crippen molar-refractivity contribution in [2.45, 2.75) is 6.10 Å². The maximum atomic E-state index is 9.27. The zero-order valence-corrected chi connectivity index (χ0v) is 7.98. The summed E-state index contributed by atoms with van der Waals surface area (Å²) in [5.41, 5.74) is 6.02. The third kappa shape index (κ3) is 2.99. The Balaban J connectivity index is 0.00000121. The lowest BCUT2D eigenvalue weighted by molar-refractivity contribution is 0.187. The second-order valence-electron chi connectivity index (χ2n) is 2.31. The summed E-state index contributed by atoms with van der Waals surface area (Å²) in [6.07, 6.45) is -0.603. The molecule has 1 atom stereocenters. The summed E-state index contributed by atoms with van der Waals surface area (Å²) >= 11 is 5.69. The molecule has 0 saturated heterocycles. The lowest BCUT2D eigenvalue weighted by Gasteiger charge is -2.06. The minimum atomic E-state index is -0.603. The van der Waals surface area contributed by atoms with Crippen molar-refractivity contribution in [3.8, 4) is 0 Å². The Labute approximate surface area is 82.8 Å². The van der Waals surface area contributed by atoms with Crippen LogP contribution >= 0.6 is 24.0 Å². The van der Waals surface area contributed by atoms with E-state index in [1.165, 1.54) is 0 Å². The normalized spacial score (nSPS) is 11.9. The molecule has 1 rings (SSSR count). The number of halogens is 2. The number of nitrogens with two attached hydrogens (primary N) is 1. The molecule has 0 radical (unpaired) electrons. The molecule has 3 N–H and O–H groups in total. The van der Waals surface area contributed by atoms with Crippen LogP contribution in [0, 0.1) is 0 Å². The van der Waals surface area contributed by atoms with E-state index >= 15 is 0 Å². The van der Waals surface area contributed by atoms with Crippen molar-refractivity contribution < 1.29 is 5.11 Å². The maximum absolute atomic E-state index is 9.27.